The molecule has 2 aromatic heterocycles. The molecule has 3 aromatic rings. The second-order valence-electron chi connectivity index (χ2n) is 5.17. The molecule has 23 heavy (non-hydrogen) atoms. The molecule has 8 nitrogen and oxygen atoms in total. The topological polar surface area (TPSA) is 98.0 Å². The molecule has 0 fully saturated rings. The predicted octanol–water partition coefficient (Wildman–Crippen LogP) is 2.07. The van der Waals surface area contributed by atoms with Crippen LogP contribution in [0.1, 0.15) is 12.5 Å². The van der Waals surface area contributed by atoms with Gasteiger partial charge in [0.2, 0.25) is 11.3 Å². The van der Waals surface area contributed by atoms with Gasteiger partial charge in [-0.25, -0.2) is 14.6 Å². The Labute approximate surface area is 133 Å². The van der Waals surface area contributed by atoms with Crippen LogP contribution in [0.2, 0.25) is 0 Å². The van der Waals surface area contributed by atoms with Crippen molar-refractivity contribution in [2.45, 2.75) is 19.5 Å². The van der Waals surface area contributed by atoms with Crippen molar-refractivity contribution in [1.82, 2.24) is 20.3 Å². The van der Waals surface area contributed by atoms with E-state index in [1.807, 2.05) is 37.3 Å². The number of nitrogens with one attached hydrogen (secondary N) is 2. The van der Waals surface area contributed by atoms with E-state index in [2.05, 4.69) is 35.5 Å². The number of ether oxygens (including phenoxy) is 1. The Kier molecular flexibility index (Phi) is 4.62. The lowest BCUT2D eigenvalue weighted by Crippen LogP contribution is -2.22. The Morgan fingerprint density at radius 3 is 2.48 bits per heavy atom. The summed E-state index contributed by atoms with van der Waals surface area (Å²) in [5.74, 6) is 1.19. The average Bonchev–Trinajstić information content (AvgIpc) is 3.01. The zero-order chi connectivity index (χ0) is 16.1. The minimum Gasteiger partial charge on any atom is -0.383 e. The molecule has 0 saturated heterocycles. The molecule has 0 bridgehead atoms. The van der Waals surface area contributed by atoms with Crippen LogP contribution in [-0.4, -0.2) is 40.0 Å². The van der Waals surface area contributed by atoms with Crippen molar-refractivity contribution in [1.29, 1.82) is 0 Å². The maximum absolute atomic E-state index is 5.14. The second kappa shape index (κ2) is 7.01. The summed E-state index contributed by atoms with van der Waals surface area (Å²) in [6, 6.07) is 10.1. The standard InChI is InChI=1S/C15H18N6O2/c1-10(9-22-2)17-13-12(16-8-11-6-4-3-5-7-11)18-14-15(19-13)21-23-20-14/h3-7,10H,8-9H2,1-2H3,(H,16,18,20)(H,17,19,21)/t10-/m0/s1. The zero-order valence-electron chi connectivity index (χ0n) is 13.0. The molecule has 0 aliphatic carbocycles. The fraction of sp³-hybridized carbons (Fsp3) is 0.333. The monoisotopic (exact) mass is 314 g/mol. The van der Waals surface area contributed by atoms with E-state index < -0.39 is 0 Å². The van der Waals surface area contributed by atoms with E-state index >= 15 is 0 Å². The highest BCUT2D eigenvalue weighted by atomic mass is 16.6. The number of fused-ring (bicyclic) bond motifs is 1. The third-order valence-corrected chi connectivity index (χ3v) is 3.22. The third-order valence-electron chi connectivity index (χ3n) is 3.22. The number of benzene rings is 1. The quantitative estimate of drug-likeness (QED) is 0.684. The highest BCUT2D eigenvalue weighted by Crippen LogP contribution is 2.21. The molecule has 0 aliphatic heterocycles. The van der Waals surface area contributed by atoms with Gasteiger partial charge in [0.05, 0.1) is 6.61 Å². The van der Waals surface area contributed by atoms with Crippen LogP contribution >= 0.6 is 0 Å². The molecule has 1 atom stereocenters. The maximum Gasteiger partial charge on any atom is 0.245 e. The van der Waals surface area contributed by atoms with Crippen LogP contribution in [0.25, 0.3) is 11.3 Å². The van der Waals surface area contributed by atoms with Gasteiger partial charge < -0.3 is 15.4 Å². The predicted molar refractivity (Wildman–Crippen MR) is 86.1 cm³/mol. The van der Waals surface area contributed by atoms with Crippen molar-refractivity contribution in [3.63, 3.8) is 0 Å². The van der Waals surface area contributed by atoms with Crippen molar-refractivity contribution in [2.24, 2.45) is 0 Å². The first-order valence-electron chi connectivity index (χ1n) is 7.30. The molecule has 0 spiro atoms. The van der Waals surface area contributed by atoms with Crippen molar-refractivity contribution in [2.75, 3.05) is 24.4 Å². The van der Waals surface area contributed by atoms with Crippen LogP contribution in [0.5, 0.6) is 0 Å². The number of hydrogen-bond acceptors (Lipinski definition) is 8. The minimum atomic E-state index is 0.0730. The second-order valence-corrected chi connectivity index (χ2v) is 5.17. The van der Waals surface area contributed by atoms with E-state index in [9.17, 15) is 0 Å². The summed E-state index contributed by atoms with van der Waals surface area (Å²) in [7, 11) is 1.66. The Balaban J connectivity index is 1.83. The Morgan fingerprint density at radius 2 is 1.78 bits per heavy atom. The lowest BCUT2D eigenvalue weighted by atomic mass is 10.2. The van der Waals surface area contributed by atoms with E-state index in [1.165, 1.54) is 0 Å². The molecule has 0 saturated carbocycles. The molecule has 3 rings (SSSR count). The first-order valence-corrected chi connectivity index (χ1v) is 7.30. The lowest BCUT2D eigenvalue weighted by molar-refractivity contribution is 0.190. The number of methoxy groups -OCH3 is 1. The van der Waals surface area contributed by atoms with E-state index in [4.69, 9.17) is 4.74 Å². The number of rotatable bonds is 7. The normalized spacial score (nSPS) is 12.3. The molecule has 0 amide bonds. The SMILES string of the molecule is COC[C@H](C)Nc1nc2nonc2nc1NCc1ccccc1. The van der Waals surface area contributed by atoms with Crippen LogP contribution in [0.3, 0.4) is 0 Å². The number of hydrogen-bond donors (Lipinski definition) is 2. The van der Waals surface area contributed by atoms with Crippen LogP contribution < -0.4 is 10.6 Å². The number of nitrogens with zero attached hydrogens (tertiary/aromatic N) is 4. The lowest BCUT2D eigenvalue weighted by Gasteiger charge is -2.16. The summed E-state index contributed by atoms with van der Waals surface area (Å²) in [5, 5.41) is 14.0. The Bertz CT molecular complexity index is 761. The number of anilines is 2. The third kappa shape index (κ3) is 3.72. The smallest absolute Gasteiger partial charge is 0.245 e. The Hall–Kier alpha value is -2.74. The first-order chi connectivity index (χ1) is 11.3. The molecule has 2 heterocycles. The van der Waals surface area contributed by atoms with E-state index in [0.29, 0.717) is 36.1 Å². The van der Waals surface area contributed by atoms with Gasteiger partial charge in [-0.2, -0.15) is 0 Å². The molecule has 0 unspecified atom stereocenters. The van der Waals surface area contributed by atoms with Crippen LogP contribution in [0.4, 0.5) is 11.6 Å². The van der Waals surface area contributed by atoms with Gasteiger partial charge in [0.15, 0.2) is 11.6 Å². The van der Waals surface area contributed by atoms with Gasteiger partial charge in [-0.3, -0.25) is 0 Å². The van der Waals surface area contributed by atoms with E-state index in [0.717, 1.165) is 5.56 Å². The summed E-state index contributed by atoms with van der Waals surface area (Å²) in [4.78, 5) is 8.83. The average molecular weight is 314 g/mol. The molecule has 120 valence electrons. The van der Waals surface area contributed by atoms with Crippen LogP contribution in [0, 0.1) is 0 Å². The molecular formula is C15H18N6O2. The Morgan fingerprint density at radius 1 is 1.09 bits per heavy atom. The van der Waals surface area contributed by atoms with Crippen LogP contribution in [-0.2, 0) is 11.3 Å². The molecule has 2 N–H and O–H groups in total. The fourth-order valence-electron chi connectivity index (χ4n) is 2.17. The highest BCUT2D eigenvalue weighted by Gasteiger charge is 2.14. The van der Waals surface area contributed by atoms with Gasteiger partial charge in [-0.1, -0.05) is 30.3 Å². The number of aromatic nitrogens is 4. The molecule has 1 aromatic carbocycles. The van der Waals surface area contributed by atoms with E-state index in [-0.39, 0.29) is 6.04 Å². The first kappa shape index (κ1) is 15.2. The van der Waals surface area contributed by atoms with Gasteiger partial charge in [0.1, 0.15) is 0 Å². The van der Waals surface area contributed by atoms with Crippen molar-refractivity contribution in [3.05, 3.63) is 35.9 Å². The molecular weight excluding hydrogens is 296 g/mol. The fourth-order valence-corrected chi connectivity index (χ4v) is 2.17. The maximum atomic E-state index is 5.14. The summed E-state index contributed by atoms with van der Waals surface area (Å²) in [5.41, 5.74) is 1.87. The molecule has 8 heteroatoms. The van der Waals surface area contributed by atoms with Crippen LogP contribution in [0.15, 0.2) is 35.0 Å². The minimum absolute atomic E-state index is 0.0730. The van der Waals surface area contributed by atoms with Gasteiger partial charge >= 0.3 is 0 Å². The van der Waals surface area contributed by atoms with Gasteiger partial charge in [-0.15, -0.1) is 0 Å². The van der Waals surface area contributed by atoms with Gasteiger partial charge in [0, 0.05) is 19.7 Å². The van der Waals surface area contributed by atoms with Gasteiger partial charge in [0.25, 0.3) is 0 Å². The summed E-state index contributed by atoms with van der Waals surface area (Å²) in [6.07, 6.45) is 0. The molecule has 0 radical (unpaired) electrons. The van der Waals surface area contributed by atoms with Gasteiger partial charge in [-0.05, 0) is 22.8 Å². The largest absolute Gasteiger partial charge is 0.383 e. The molecule has 0 aliphatic rings. The van der Waals surface area contributed by atoms with E-state index in [1.54, 1.807) is 7.11 Å². The summed E-state index contributed by atoms with van der Waals surface area (Å²) < 4.78 is 9.82. The summed E-state index contributed by atoms with van der Waals surface area (Å²) >= 11 is 0. The van der Waals surface area contributed by atoms with Crippen molar-refractivity contribution >= 4 is 22.9 Å². The summed E-state index contributed by atoms with van der Waals surface area (Å²) in [6.45, 7) is 3.17. The highest BCUT2D eigenvalue weighted by molar-refractivity contribution is 5.73. The van der Waals surface area contributed by atoms with Crippen molar-refractivity contribution < 1.29 is 9.37 Å². The van der Waals surface area contributed by atoms with Crippen molar-refractivity contribution in [3.8, 4) is 0 Å². The zero-order valence-corrected chi connectivity index (χ0v) is 13.0.